The van der Waals surface area contributed by atoms with Gasteiger partial charge in [-0.2, -0.15) is 0 Å². The van der Waals surface area contributed by atoms with Crippen molar-refractivity contribution in [2.24, 2.45) is 5.14 Å². The van der Waals surface area contributed by atoms with Crippen molar-refractivity contribution in [2.75, 3.05) is 7.11 Å². The molecule has 2 aromatic carbocycles. The Hall–Kier alpha value is -2.79. The maximum atomic E-state index is 14.7. The number of hydrogen-bond acceptors (Lipinski definition) is 5. The van der Waals surface area contributed by atoms with Gasteiger partial charge in [0, 0.05) is 30.1 Å². The van der Waals surface area contributed by atoms with Gasteiger partial charge in [0.1, 0.15) is 22.6 Å². The number of nitrogens with zero attached hydrogens (tertiary/aromatic N) is 1. The Morgan fingerprint density at radius 2 is 1.80 bits per heavy atom. The van der Waals surface area contributed by atoms with Crippen LogP contribution in [-0.4, -0.2) is 32.4 Å². The van der Waals surface area contributed by atoms with E-state index in [-0.39, 0.29) is 50.2 Å². The molecule has 2 N–H and O–H groups in total. The van der Waals surface area contributed by atoms with Crippen molar-refractivity contribution in [1.82, 2.24) is 4.90 Å². The number of thiophene rings is 1. The summed E-state index contributed by atoms with van der Waals surface area (Å²) in [7, 11) is -2.27. The average Bonchev–Trinajstić information content (AvgIpc) is 3.31. The van der Waals surface area contributed by atoms with Crippen LogP contribution in [0.2, 0.25) is 5.02 Å². The molecule has 0 spiro atoms. The summed E-state index contributed by atoms with van der Waals surface area (Å²) in [6.07, 6.45) is 4.33. The molecule has 1 saturated carbocycles. The van der Waals surface area contributed by atoms with Crippen molar-refractivity contribution in [3.05, 3.63) is 74.4 Å². The Labute approximate surface area is 241 Å². The zero-order valence-corrected chi connectivity index (χ0v) is 24.2. The number of carbonyl (C=O) groups is 1. The van der Waals surface area contributed by atoms with Crippen molar-refractivity contribution >= 4 is 44.7 Å². The van der Waals surface area contributed by atoms with E-state index in [1.54, 1.807) is 30.2 Å². The summed E-state index contributed by atoms with van der Waals surface area (Å²) in [5.74, 6) is -0.384. The third-order valence-corrected chi connectivity index (χ3v) is 10.2. The van der Waals surface area contributed by atoms with Gasteiger partial charge in [-0.25, -0.2) is 22.3 Å². The molecular weight excluding hydrogens is 578 g/mol. The fourth-order valence-corrected chi connectivity index (χ4v) is 7.52. The number of ether oxygens (including phenoxy) is 1. The van der Waals surface area contributed by atoms with Crippen molar-refractivity contribution < 1.29 is 26.7 Å². The number of rotatable bonds is 7. The lowest BCUT2D eigenvalue weighted by Gasteiger charge is -2.35. The first-order valence-corrected chi connectivity index (χ1v) is 15.8. The first-order valence-electron chi connectivity index (χ1n) is 13.0. The lowest BCUT2D eigenvalue weighted by Crippen LogP contribution is -2.40. The standard InChI is InChI=1S/C29H29ClF2N2O4S2/c1-38-24-14-9-18(17-7-10-21(11-8-17)40(33,36)37)15-19(24)16-34(20-5-3-2-4-6-20)29(35)28-26(30)25-22(31)12-13-23(32)27(25)39-28/h7-12,14-15,20,23H,2-6,13,16H2,1H3,(H2,33,36,37). The molecule has 3 aromatic rings. The van der Waals surface area contributed by atoms with Crippen LogP contribution in [0, 0.1) is 0 Å². The van der Waals surface area contributed by atoms with E-state index in [1.807, 2.05) is 12.1 Å². The maximum absolute atomic E-state index is 14.7. The van der Waals surface area contributed by atoms with Gasteiger partial charge in [-0.1, -0.05) is 49.1 Å². The van der Waals surface area contributed by atoms with Gasteiger partial charge in [-0.3, -0.25) is 4.79 Å². The van der Waals surface area contributed by atoms with E-state index in [4.69, 9.17) is 21.5 Å². The molecule has 0 radical (unpaired) electrons. The highest BCUT2D eigenvalue weighted by molar-refractivity contribution is 7.89. The van der Waals surface area contributed by atoms with Crippen LogP contribution in [0.25, 0.3) is 17.0 Å². The summed E-state index contributed by atoms with van der Waals surface area (Å²) in [4.78, 5) is 16.1. The number of nitrogens with two attached hydrogens (primary N) is 1. The van der Waals surface area contributed by atoms with Gasteiger partial charge in [0.15, 0.2) is 0 Å². The second-order valence-corrected chi connectivity index (χ2v) is 13.1. The topological polar surface area (TPSA) is 89.7 Å². The Bertz CT molecular complexity index is 1570. The smallest absolute Gasteiger partial charge is 0.266 e. The summed E-state index contributed by atoms with van der Waals surface area (Å²) in [5.41, 5.74) is 2.28. The molecule has 2 aliphatic rings. The monoisotopic (exact) mass is 606 g/mol. The van der Waals surface area contributed by atoms with Crippen molar-refractivity contribution in [3.63, 3.8) is 0 Å². The molecule has 40 heavy (non-hydrogen) atoms. The molecule has 0 bridgehead atoms. The van der Waals surface area contributed by atoms with E-state index in [1.165, 1.54) is 18.2 Å². The van der Waals surface area contributed by atoms with E-state index < -0.39 is 22.0 Å². The number of carbonyl (C=O) groups excluding carboxylic acids is 1. The summed E-state index contributed by atoms with van der Waals surface area (Å²) < 4.78 is 58.2. The SMILES string of the molecule is COc1ccc(-c2ccc(S(N)(=O)=O)cc2)cc1CN(C(=O)c1sc2c(c1Cl)C(F)=CCC2F)C1CCCCC1. The summed E-state index contributed by atoms with van der Waals surface area (Å²) in [6.45, 7) is 0.200. The highest BCUT2D eigenvalue weighted by Gasteiger charge is 2.35. The molecule has 1 fully saturated rings. The number of allylic oxidation sites excluding steroid dienone is 1. The lowest BCUT2D eigenvalue weighted by molar-refractivity contribution is 0.0618. The largest absolute Gasteiger partial charge is 0.496 e. The van der Waals surface area contributed by atoms with Crippen molar-refractivity contribution in [2.45, 2.75) is 62.2 Å². The normalized spacial score (nSPS) is 17.7. The van der Waals surface area contributed by atoms with Gasteiger partial charge in [0.05, 0.1) is 21.9 Å². The van der Waals surface area contributed by atoms with E-state index in [9.17, 15) is 22.0 Å². The number of fused-ring (bicyclic) bond motifs is 1. The Balaban J connectivity index is 1.52. The van der Waals surface area contributed by atoms with E-state index in [2.05, 4.69) is 0 Å². The molecule has 212 valence electrons. The van der Waals surface area contributed by atoms with Crippen LogP contribution in [0.15, 0.2) is 53.4 Å². The number of hydrogen-bond donors (Lipinski definition) is 1. The number of methoxy groups -OCH3 is 1. The number of amides is 1. The summed E-state index contributed by atoms with van der Waals surface area (Å²) >= 11 is 7.46. The number of benzene rings is 2. The van der Waals surface area contributed by atoms with Crippen LogP contribution in [0.5, 0.6) is 5.75 Å². The highest BCUT2D eigenvalue weighted by Crippen LogP contribution is 2.47. The molecule has 6 nitrogen and oxygen atoms in total. The van der Waals surface area contributed by atoms with Gasteiger partial charge in [0.2, 0.25) is 10.0 Å². The van der Waals surface area contributed by atoms with E-state index in [0.717, 1.165) is 60.1 Å². The molecule has 1 unspecified atom stereocenters. The first kappa shape index (κ1) is 28.7. The molecule has 1 heterocycles. The predicted octanol–water partition coefficient (Wildman–Crippen LogP) is 7.42. The van der Waals surface area contributed by atoms with Gasteiger partial charge in [-0.05, 0) is 54.3 Å². The van der Waals surface area contributed by atoms with Crippen molar-refractivity contribution in [1.29, 1.82) is 0 Å². The quantitative estimate of drug-likeness (QED) is 0.303. The summed E-state index contributed by atoms with van der Waals surface area (Å²) in [5, 5.41) is 5.19. The Kier molecular flexibility index (Phi) is 8.33. The van der Waals surface area contributed by atoms with Crippen LogP contribution in [-0.2, 0) is 16.6 Å². The Morgan fingerprint density at radius 3 is 2.42 bits per heavy atom. The summed E-state index contributed by atoms with van der Waals surface area (Å²) in [6, 6.07) is 11.7. The molecule has 1 amide bonds. The number of alkyl halides is 1. The molecule has 1 aromatic heterocycles. The minimum absolute atomic E-state index is 0.0105. The van der Waals surface area contributed by atoms with Gasteiger partial charge in [-0.15, -0.1) is 11.3 Å². The minimum atomic E-state index is -3.82. The molecule has 2 aliphatic carbocycles. The molecule has 11 heteroatoms. The highest BCUT2D eigenvalue weighted by atomic mass is 35.5. The maximum Gasteiger partial charge on any atom is 0.266 e. The number of halogens is 3. The van der Waals surface area contributed by atoms with Gasteiger partial charge >= 0.3 is 0 Å². The minimum Gasteiger partial charge on any atom is -0.496 e. The average molecular weight is 607 g/mol. The van der Waals surface area contributed by atoms with Crippen molar-refractivity contribution in [3.8, 4) is 16.9 Å². The Morgan fingerprint density at radius 1 is 1.12 bits per heavy atom. The third kappa shape index (κ3) is 5.68. The predicted molar refractivity (Wildman–Crippen MR) is 153 cm³/mol. The molecule has 1 atom stereocenters. The zero-order chi connectivity index (χ0) is 28.6. The van der Waals surface area contributed by atoms with Crippen LogP contribution in [0.3, 0.4) is 0 Å². The third-order valence-electron chi connectivity index (χ3n) is 7.51. The lowest BCUT2D eigenvalue weighted by atomic mass is 9.93. The second kappa shape index (κ2) is 11.6. The van der Waals surface area contributed by atoms with Crippen LogP contribution in [0.4, 0.5) is 8.78 Å². The fourth-order valence-electron chi connectivity index (χ4n) is 5.42. The molecule has 0 saturated heterocycles. The van der Waals surface area contributed by atoms with Crippen LogP contribution in [0.1, 0.15) is 70.4 Å². The number of sulfonamides is 1. The fraction of sp³-hybridized carbons (Fsp3) is 0.345. The first-order chi connectivity index (χ1) is 19.1. The molecular formula is C29H29ClF2N2O4S2. The van der Waals surface area contributed by atoms with E-state index >= 15 is 0 Å². The van der Waals surface area contributed by atoms with Gasteiger partial charge in [0.25, 0.3) is 5.91 Å². The molecule has 5 rings (SSSR count). The van der Waals surface area contributed by atoms with Crippen LogP contribution >= 0.6 is 22.9 Å². The van der Waals surface area contributed by atoms with Gasteiger partial charge < -0.3 is 9.64 Å². The second-order valence-electron chi connectivity index (χ2n) is 10.1. The van der Waals surface area contributed by atoms with E-state index in [0.29, 0.717) is 5.75 Å². The number of primary sulfonamides is 1. The van der Waals surface area contributed by atoms with Crippen LogP contribution < -0.4 is 9.88 Å². The zero-order valence-electron chi connectivity index (χ0n) is 21.8. The molecule has 0 aliphatic heterocycles.